The zero-order valence-electron chi connectivity index (χ0n) is 12.8. The van der Waals surface area contributed by atoms with Gasteiger partial charge in [-0.25, -0.2) is 0 Å². The lowest BCUT2D eigenvalue weighted by molar-refractivity contribution is -0.0233. The van der Waals surface area contributed by atoms with Crippen molar-refractivity contribution in [2.45, 2.75) is 52.1 Å². The number of benzene rings is 1. The molecule has 1 fully saturated rings. The van der Waals surface area contributed by atoms with E-state index in [2.05, 4.69) is 6.92 Å². The Morgan fingerprint density at radius 2 is 1.80 bits per heavy atom. The summed E-state index contributed by atoms with van der Waals surface area (Å²) in [6, 6.07) is 5.95. The van der Waals surface area contributed by atoms with Gasteiger partial charge in [0, 0.05) is 18.7 Å². The lowest BCUT2D eigenvalue weighted by Gasteiger charge is -2.38. The van der Waals surface area contributed by atoms with Crippen LogP contribution in [-0.2, 0) is 0 Å². The first-order valence-electron chi connectivity index (χ1n) is 7.55. The minimum Gasteiger partial charge on any atom is -0.390 e. The van der Waals surface area contributed by atoms with E-state index in [0.29, 0.717) is 25.9 Å². The molecule has 3 nitrogen and oxygen atoms in total. The molecule has 3 heteroatoms. The zero-order chi connectivity index (χ0) is 14.8. The average Bonchev–Trinajstić information content (AvgIpc) is 2.39. The van der Waals surface area contributed by atoms with E-state index in [1.54, 1.807) is 0 Å². The van der Waals surface area contributed by atoms with Crippen LogP contribution in [0.3, 0.4) is 0 Å². The molecular formula is C17H25NO2. The highest BCUT2D eigenvalue weighted by Crippen LogP contribution is 2.28. The standard InChI is InChI=1S/C17H25NO2/c1-4-8-17(20)9-11-18(12-10-17)16(19)15-13(2)6-5-7-14(15)3/h5-7,20H,4,8-12H2,1-3H3. The highest BCUT2D eigenvalue weighted by molar-refractivity contribution is 5.97. The Labute approximate surface area is 121 Å². The van der Waals surface area contributed by atoms with Crippen molar-refractivity contribution < 1.29 is 9.90 Å². The maximum Gasteiger partial charge on any atom is 0.254 e. The number of carbonyl (C=O) groups is 1. The van der Waals surface area contributed by atoms with Crippen molar-refractivity contribution in [1.82, 2.24) is 4.90 Å². The summed E-state index contributed by atoms with van der Waals surface area (Å²) >= 11 is 0. The van der Waals surface area contributed by atoms with Gasteiger partial charge in [-0.15, -0.1) is 0 Å². The van der Waals surface area contributed by atoms with Crippen molar-refractivity contribution in [3.05, 3.63) is 34.9 Å². The topological polar surface area (TPSA) is 40.5 Å². The van der Waals surface area contributed by atoms with E-state index in [1.165, 1.54) is 0 Å². The average molecular weight is 275 g/mol. The van der Waals surface area contributed by atoms with Crippen LogP contribution in [0.1, 0.15) is 54.1 Å². The zero-order valence-corrected chi connectivity index (χ0v) is 12.8. The van der Waals surface area contributed by atoms with Crippen molar-refractivity contribution in [2.75, 3.05) is 13.1 Å². The van der Waals surface area contributed by atoms with Crippen LogP contribution in [0.2, 0.25) is 0 Å². The Balaban J connectivity index is 2.09. The second kappa shape index (κ2) is 5.96. The van der Waals surface area contributed by atoms with Crippen LogP contribution in [-0.4, -0.2) is 34.6 Å². The van der Waals surface area contributed by atoms with E-state index < -0.39 is 5.60 Å². The number of likely N-dealkylation sites (tertiary alicyclic amines) is 1. The maximum atomic E-state index is 12.7. The van der Waals surface area contributed by atoms with Gasteiger partial charge in [-0.05, 0) is 44.2 Å². The van der Waals surface area contributed by atoms with Gasteiger partial charge >= 0.3 is 0 Å². The van der Waals surface area contributed by atoms with Gasteiger partial charge in [0.2, 0.25) is 0 Å². The summed E-state index contributed by atoms with van der Waals surface area (Å²) in [5.74, 6) is 0.110. The van der Waals surface area contributed by atoms with Crippen LogP contribution in [0, 0.1) is 13.8 Å². The maximum absolute atomic E-state index is 12.7. The SMILES string of the molecule is CCCC1(O)CCN(C(=O)c2c(C)cccc2C)CC1. The quantitative estimate of drug-likeness (QED) is 0.921. The van der Waals surface area contributed by atoms with Gasteiger partial charge in [-0.3, -0.25) is 4.79 Å². The van der Waals surface area contributed by atoms with E-state index in [4.69, 9.17) is 0 Å². The van der Waals surface area contributed by atoms with E-state index in [1.807, 2.05) is 36.9 Å². The van der Waals surface area contributed by atoms with E-state index in [-0.39, 0.29) is 5.91 Å². The number of aryl methyl sites for hydroxylation is 2. The molecule has 1 aromatic rings. The summed E-state index contributed by atoms with van der Waals surface area (Å²) < 4.78 is 0. The van der Waals surface area contributed by atoms with Crippen LogP contribution >= 0.6 is 0 Å². The molecule has 0 aliphatic carbocycles. The number of hydrogen-bond donors (Lipinski definition) is 1. The second-order valence-electron chi connectivity index (χ2n) is 6.03. The molecular weight excluding hydrogens is 250 g/mol. The van der Waals surface area contributed by atoms with Crippen molar-refractivity contribution in [1.29, 1.82) is 0 Å². The summed E-state index contributed by atoms with van der Waals surface area (Å²) in [7, 11) is 0. The number of rotatable bonds is 3. The monoisotopic (exact) mass is 275 g/mol. The molecule has 2 rings (SSSR count). The predicted octanol–water partition coefficient (Wildman–Crippen LogP) is 3.07. The number of amides is 1. The van der Waals surface area contributed by atoms with Crippen LogP contribution in [0.25, 0.3) is 0 Å². The highest BCUT2D eigenvalue weighted by Gasteiger charge is 2.33. The third-order valence-corrected chi connectivity index (χ3v) is 4.39. The van der Waals surface area contributed by atoms with Gasteiger partial charge in [-0.1, -0.05) is 31.5 Å². The van der Waals surface area contributed by atoms with E-state index in [9.17, 15) is 9.90 Å². The molecule has 1 aliphatic heterocycles. The van der Waals surface area contributed by atoms with Gasteiger partial charge in [0.05, 0.1) is 5.60 Å². The number of aliphatic hydroxyl groups is 1. The molecule has 0 bridgehead atoms. The van der Waals surface area contributed by atoms with E-state index >= 15 is 0 Å². The third-order valence-electron chi connectivity index (χ3n) is 4.39. The smallest absolute Gasteiger partial charge is 0.254 e. The predicted molar refractivity (Wildman–Crippen MR) is 80.9 cm³/mol. The molecule has 1 amide bonds. The summed E-state index contributed by atoms with van der Waals surface area (Å²) in [5, 5.41) is 10.4. The van der Waals surface area contributed by atoms with Crippen LogP contribution < -0.4 is 0 Å². The second-order valence-corrected chi connectivity index (χ2v) is 6.03. The minimum atomic E-state index is -0.563. The lowest BCUT2D eigenvalue weighted by Crippen LogP contribution is -2.46. The van der Waals surface area contributed by atoms with Gasteiger partial charge in [0.25, 0.3) is 5.91 Å². The fourth-order valence-corrected chi connectivity index (χ4v) is 3.15. The van der Waals surface area contributed by atoms with Crippen LogP contribution in [0.4, 0.5) is 0 Å². The molecule has 0 saturated carbocycles. The third kappa shape index (κ3) is 3.04. The molecule has 1 N–H and O–H groups in total. The fraction of sp³-hybridized carbons (Fsp3) is 0.588. The molecule has 0 unspecified atom stereocenters. The van der Waals surface area contributed by atoms with Crippen LogP contribution in [0.5, 0.6) is 0 Å². The molecule has 1 aromatic carbocycles. The molecule has 110 valence electrons. The molecule has 1 heterocycles. The van der Waals surface area contributed by atoms with Gasteiger partial charge in [0.1, 0.15) is 0 Å². The van der Waals surface area contributed by atoms with Crippen molar-refractivity contribution in [3.63, 3.8) is 0 Å². The molecule has 0 aromatic heterocycles. The number of hydrogen-bond acceptors (Lipinski definition) is 2. The number of nitrogens with zero attached hydrogens (tertiary/aromatic N) is 1. The Bertz CT molecular complexity index is 468. The normalized spacial score (nSPS) is 18.1. The van der Waals surface area contributed by atoms with Crippen molar-refractivity contribution >= 4 is 5.91 Å². The highest BCUT2D eigenvalue weighted by atomic mass is 16.3. The Morgan fingerprint density at radius 3 is 2.30 bits per heavy atom. The Kier molecular flexibility index (Phi) is 4.48. The molecule has 1 aliphatic rings. The van der Waals surface area contributed by atoms with E-state index in [0.717, 1.165) is 29.5 Å². The van der Waals surface area contributed by atoms with Gasteiger partial charge < -0.3 is 10.0 Å². The van der Waals surface area contributed by atoms with Crippen LogP contribution in [0.15, 0.2) is 18.2 Å². The summed E-state index contributed by atoms with van der Waals surface area (Å²) in [6.07, 6.45) is 3.20. The summed E-state index contributed by atoms with van der Waals surface area (Å²) in [4.78, 5) is 14.5. The Hall–Kier alpha value is -1.35. The minimum absolute atomic E-state index is 0.110. The molecule has 0 spiro atoms. The molecule has 0 radical (unpaired) electrons. The Morgan fingerprint density at radius 1 is 1.25 bits per heavy atom. The number of carbonyl (C=O) groups excluding carboxylic acids is 1. The first-order valence-corrected chi connectivity index (χ1v) is 7.55. The van der Waals surface area contributed by atoms with Gasteiger partial charge in [0.15, 0.2) is 0 Å². The largest absolute Gasteiger partial charge is 0.390 e. The first-order chi connectivity index (χ1) is 9.47. The fourth-order valence-electron chi connectivity index (χ4n) is 3.15. The lowest BCUT2D eigenvalue weighted by atomic mass is 9.87. The summed E-state index contributed by atoms with van der Waals surface area (Å²) in [6.45, 7) is 7.37. The number of piperidine rings is 1. The first kappa shape index (κ1) is 15.0. The van der Waals surface area contributed by atoms with Crippen molar-refractivity contribution in [3.8, 4) is 0 Å². The van der Waals surface area contributed by atoms with Gasteiger partial charge in [-0.2, -0.15) is 0 Å². The molecule has 1 saturated heterocycles. The van der Waals surface area contributed by atoms with Crippen molar-refractivity contribution in [2.24, 2.45) is 0 Å². The molecule has 20 heavy (non-hydrogen) atoms. The summed E-state index contributed by atoms with van der Waals surface area (Å²) in [5.41, 5.74) is 2.33. The molecule has 0 atom stereocenters.